The lowest BCUT2D eigenvalue weighted by Crippen LogP contribution is -2.21. The molecule has 0 fully saturated rings. The monoisotopic (exact) mass is 300 g/mol. The number of hydrogen-bond acceptors (Lipinski definition) is 4. The van der Waals surface area contributed by atoms with Crippen LogP contribution < -0.4 is 5.56 Å². The van der Waals surface area contributed by atoms with Crippen molar-refractivity contribution in [1.29, 1.82) is 0 Å². The average molecular weight is 300 g/mol. The number of carboxylic acid groups (broad SMARTS) is 1. The van der Waals surface area contributed by atoms with Crippen LogP contribution >= 0.6 is 0 Å². The van der Waals surface area contributed by atoms with Gasteiger partial charge in [-0.15, -0.1) is 0 Å². The van der Waals surface area contributed by atoms with Crippen molar-refractivity contribution in [3.05, 3.63) is 44.9 Å². The first-order valence-corrected chi connectivity index (χ1v) is 7.11. The molecule has 2 aromatic heterocycles. The molecule has 22 heavy (non-hydrogen) atoms. The third-order valence-electron chi connectivity index (χ3n) is 3.82. The number of aryl methyl sites for hydroxylation is 2. The van der Waals surface area contributed by atoms with Gasteiger partial charge in [-0.3, -0.25) is 9.48 Å². The molecule has 0 saturated heterocycles. The molecule has 2 aromatic rings. The first-order valence-electron chi connectivity index (χ1n) is 7.11. The van der Waals surface area contributed by atoms with Crippen molar-refractivity contribution in [1.82, 2.24) is 19.7 Å². The minimum Gasteiger partial charge on any atom is -0.478 e. The summed E-state index contributed by atoms with van der Waals surface area (Å²) >= 11 is 0. The Morgan fingerprint density at radius 2 is 2.14 bits per heavy atom. The van der Waals surface area contributed by atoms with E-state index in [0.29, 0.717) is 11.5 Å². The van der Waals surface area contributed by atoms with Gasteiger partial charge in [-0.1, -0.05) is 0 Å². The van der Waals surface area contributed by atoms with Gasteiger partial charge in [0.15, 0.2) is 0 Å². The summed E-state index contributed by atoms with van der Waals surface area (Å²) in [5.74, 6) is -0.608. The first kappa shape index (κ1) is 14.2. The van der Waals surface area contributed by atoms with Crippen molar-refractivity contribution in [2.75, 3.05) is 0 Å². The minimum atomic E-state index is -1.04. The van der Waals surface area contributed by atoms with Gasteiger partial charge in [0.2, 0.25) is 0 Å². The zero-order chi connectivity index (χ0) is 15.7. The molecule has 1 aliphatic rings. The fraction of sp³-hybridized carbons (Fsp3) is 0.333. The molecule has 3 rings (SSSR count). The normalized spacial score (nSPS) is 14.2. The van der Waals surface area contributed by atoms with E-state index in [9.17, 15) is 9.59 Å². The zero-order valence-electron chi connectivity index (χ0n) is 12.2. The lowest BCUT2D eigenvalue weighted by atomic mass is 9.97. The van der Waals surface area contributed by atoms with Crippen LogP contribution in [0.3, 0.4) is 0 Å². The molecular formula is C15H16N4O3. The van der Waals surface area contributed by atoms with Gasteiger partial charge in [-0.05, 0) is 37.8 Å². The lowest BCUT2D eigenvalue weighted by molar-refractivity contribution is 0.0696. The maximum absolute atomic E-state index is 12.0. The fourth-order valence-electron chi connectivity index (χ4n) is 2.67. The van der Waals surface area contributed by atoms with Crippen LogP contribution in [0, 0.1) is 0 Å². The van der Waals surface area contributed by atoms with E-state index in [2.05, 4.69) is 15.1 Å². The molecule has 7 heteroatoms. The second kappa shape index (κ2) is 5.59. The van der Waals surface area contributed by atoms with Gasteiger partial charge in [0.05, 0.1) is 17.6 Å². The molecule has 0 radical (unpaired) electrons. The second-order valence-electron chi connectivity index (χ2n) is 5.29. The predicted octanol–water partition coefficient (Wildman–Crippen LogP) is 1.25. The molecule has 0 spiro atoms. The van der Waals surface area contributed by atoms with Crippen molar-refractivity contribution in [3.63, 3.8) is 0 Å². The highest BCUT2D eigenvalue weighted by Crippen LogP contribution is 2.16. The molecule has 1 aliphatic carbocycles. The number of H-pyrrole nitrogens is 1. The van der Waals surface area contributed by atoms with Crippen LogP contribution in [-0.4, -0.2) is 30.8 Å². The molecule has 0 amide bonds. The number of aromatic nitrogens is 4. The summed E-state index contributed by atoms with van der Waals surface area (Å²) in [5, 5.41) is 13.0. The largest absolute Gasteiger partial charge is 0.478 e. The van der Waals surface area contributed by atoms with Crippen molar-refractivity contribution in [2.45, 2.75) is 25.7 Å². The van der Waals surface area contributed by atoms with Crippen molar-refractivity contribution < 1.29 is 9.90 Å². The molecule has 0 bridgehead atoms. The van der Waals surface area contributed by atoms with Crippen LogP contribution in [0.15, 0.2) is 11.0 Å². The van der Waals surface area contributed by atoms with Crippen molar-refractivity contribution in [3.8, 4) is 0 Å². The Kier molecular flexibility index (Phi) is 3.62. The summed E-state index contributed by atoms with van der Waals surface area (Å²) in [5.41, 5.74) is 2.08. The molecule has 0 saturated carbocycles. The summed E-state index contributed by atoms with van der Waals surface area (Å²) in [7, 11) is 1.66. The van der Waals surface area contributed by atoms with Crippen LogP contribution in [0.2, 0.25) is 0 Å². The average Bonchev–Trinajstić information content (AvgIpc) is 2.86. The number of nitrogens with one attached hydrogen (secondary N) is 1. The minimum absolute atomic E-state index is 0.104. The Labute approximate surface area is 126 Å². The Hall–Kier alpha value is -2.70. The zero-order valence-corrected chi connectivity index (χ0v) is 12.2. The van der Waals surface area contributed by atoms with E-state index in [1.165, 1.54) is 10.9 Å². The van der Waals surface area contributed by atoms with Gasteiger partial charge in [0, 0.05) is 12.6 Å². The molecule has 0 atom stereocenters. The summed E-state index contributed by atoms with van der Waals surface area (Å²) in [6.45, 7) is 0. The summed E-state index contributed by atoms with van der Waals surface area (Å²) in [4.78, 5) is 30.4. The van der Waals surface area contributed by atoms with E-state index in [-0.39, 0.29) is 11.1 Å². The number of carbonyl (C=O) groups is 1. The maximum Gasteiger partial charge on any atom is 0.339 e. The highest BCUT2D eigenvalue weighted by molar-refractivity contribution is 5.92. The number of rotatable bonds is 3. The van der Waals surface area contributed by atoms with Gasteiger partial charge >= 0.3 is 5.97 Å². The highest BCUT2D eigenvalue weighted by Gasteiger charge is 2.15. The van der Waals surface area contributed by atoms with E-state index in [0.717, 1.165) is 36.9 Å². The van der Waals surface area contributed by atoms with E-state index >= 15 is 0 Å². The Morgan fingerprint density at radius 3 is 2.91 bits per heavy atom. The third-order valence-corrected chi connectivity index (χ3v) is 3.82. The Bertz CT molecular complexity index is 817. The quantitative estimate of drug-likeness (QED) is 0.888. The van der Waals surface area contributed by atoms with Crippen LogP contribution in [-0.2, 0) is 19.9 Å². The molecular weight excluding hydrogens is 284 g/mol. The van der Waals surface area contributed by atoms with Gasteiger partial charge in [-0.2, -0.15) is 5.10 Å². The number of nitrogens with zero attached hydrogens (tertiary/aromatic N) is 3. The highest BCUT2D eigenvalue weighted by atomic mass is 16.4. The summed E-state index contributed by atoms with van der Waals surface area (Å²) < 4.78 is 1.47. The third kappa shape index (κ3) is 2.57. The van der Waals surface area contributed by atoms with Crippen molar-refractivity contribution in [2.24, 2.45) is 7.05 Å². The van der Waals surface area contributed by atoms with Gasteiger partial charge in [0.25, 0.3) is 5.56 Å². The summed E-state index contributed by atoms with van der Waals surface area (Å²) in [6, 6.07) is 0. The molecule has 114 valence electrons. The molecule has 0 aliphatic heterocycles. The maximum atomic E-state index is 12.0. The number of fused-ring (bicyclic) bond motifs is 1. The van der Waals surface area contributed by atoms with E-state index < -0.39 is 5.97 Å². The predicted molar refractivity (Wildman–Crippen MR) is 80.6 cm³/mol. The molecule has 7 nitrogen and oxygen atoms in total. The van der Waals surface area contributed by atoms with Crippen molar-refractivity contribution >= 4 is 18.1 Å². The summed E-state index contributed by atoms with van der Waals surface area (Å²) in [6.07, 6.45) is 8.15. The fourth-order valence-corrected chi connectivity index (χ4v) is 2.67. The topological polar surface area (TPSA) is 101 Å². The van der Waals surface area contributed by atoms with Gasteiger partial charge in [-0.25, -0.2) is 9.78 Å². The lowest BCUT2D eigenvalue weighted by Gasteiger charge is -2.13. The Morgan fingerprint density at radius 1 is 1.36 bits per heavy atom. The van der Waals surface area contributed by atoms with Gasteiger partial charge < -0.3 is 10.1 Å². The number of aromatic carboxylic acids is 1. The van der Waals surface area contributed by atoms with Crippen LogP contribution in [0.25, 0.3) is 12.2 Å². The number of hydrogen-bond donors (Lipinski definition) is 2. The number of aromatic amines is 1. The Balaban J connectivity index is 1.97. The first-order chi connectivity index (χ1) is 10.6. The standard InChI is InChI=1S/C15H16N4O3/c1-19-12(10(8-16-19)15(21)22)6-7-13-17-11-5-3-2-4-9(11)14(20)18-13/h6-8H,2-5H2,1H3,(H,21,22)(H,17,18,20)/b7-6+. The van der Waals surface area contributed by atoms with E-state index in [1.54, 1.807) is 19.2 Å². The smallest absolute Gasteiger partial charge is 0.339 e. The SMILES string of the molecule is Cn1ncc(C(=O)O)c1/C=C/c1nc2c(c(=O)[nH]1)CCCC2. The van der Waals surface area contributed by atoms with Crippen LogP contribution in [0.5, 0.6) is 0 Å². The van der Waals surface area contributed by atoms with E-state index in [4.69, 9.17) is 5.11 Å². The van der Waals surface area contributed by atoms with Gasteiger partial charge in [0.1, 0.15) is 11.4 Å². The van der Waals surface area contributed by atoms with Crippen LogP contribution in [0.1, 0.15) is 46.0 Å². The van der Waals surface area contributed by atoms with Crippen LogP contribution in [0.4, 0.5) is 0 Å². The van der Waals surface area contributed by atoms with E-state index in [1.807, 2.05) is 0 Å². The molecule has 2 N–H and O–H groups in total. The molecule has 0 aromatic carbocycles. The molecule has 0 unspecified atom stereocenters. The molecule has 2 heterocycles. The second-order valence-corrected chi connectivity index (χ2v) is 5.29. The number of carboxylic acids is 1.